The van der Waals surface area contributed by atoms with Gasteiger partial charge >= 0.3 is 0 Å². The maximum absolute atomic E-state index is 5.98. The molecule has 1 aromatic heterocycles. The summed E-state index contributed by atoms with van der Waals surface area (Å²) in [5.74, 6) is 0. The molecule has 0 bridgehead atoms. The average Bonchev–Trinajstić information content (AvgIpc) is 2.69. The number of nitrogens with two attached hydrogens (primary N) is 1. The van der Waals surface area contributed by atoms with Crippen LogP contribution in [-0.4, -0.2) is 24.0 Å². The Hall–Kier alpha value is -0.380. The van der Waals surface area contributed by atoms with Crippen LogP contribution in [0.4, 0.5) is 0 Å². The fraction of sp³-hybridized carbons (Fsp3) is 0.636. The molecule has 2 rings (SSSR count). The SMILES string of the molecule is C[C@@H](c1cccs1)N1CCC[C@H](N)C1. The van der Waals surface area contributed by atoms with E-state index < -0.39 is 0 Å². The number of nitrogens with zero attached hydrogens (tertiary/aromatic N) is 1. The summed E-state index contributed by atoms with van der Waals surface area (Å²) in [6.07, 6.45) is 2.44. The van der Waals surface area contributed by atoms with Crippen molar-refractivity contribution < 1.29 is 0 Å². The Morgan fingerprint density at radius 3 is 3.14 bits per heavy atom. The Morgan fingerprint density at radius 2 is 2.50 bits per heavy atom. The van der Waals surface area contributed by atoms with Crippen LogP contribution >= 0.6 is 11.3 Å². The van der Waals surface area contributed by atoms with E-state index in [-0.39, 0.29) is 0 Å². The second-order valence-electron chi connectivity index (χ2n) is 4.09. The number of hydrogen-bond donors (Lipinski definition) is 1. The molecule has 0 radical (unpaired) electrons. The Kier molecular flexibility index (Phi) is 3.21. The fourth-order valence-corrected chi connectivity index (χ4v) is 2.92. The second kappa shape index (κ2) is 4.43. The van der Waals surface area contributed by atoms with E-state index >= 15 is 0 Å². The van der Waals surface area contributed by atoms with Crippen LogP contribution in [0.2, 0.25) is 0 Å². The van der Waals surface area contributed by atoms with Gasteiger partial charge in [0.2, 0.25) is 0 Å². The molecule has 0 amide bonds. The van der Waals surface area contributed by atoms with Crippen molar-refractivity contribution in [3.8, 4) is 0 Å². The summed E-state index contributed by atoms with van der Waals surface area (Å²) in [6, 6.07) is 5.27. The predicted octanol–water partition coefficient (Wildman–Crippen LogP) is 2.23. The first kappa shape index (κ1) is 10.1. The number of rotatable bonds is 2. The Morgan fingerprint density at radius 1 is 1.64 bits per heavy atom. The van der Waals surface area contributed by atoms with Crippen molar-refractivity contribution >= 4 is 11.3 Å². The zero-order valence-corrected chi connectivity index (χ0v) is 9.46. The summed E-state index contributed by atoms with van der Waals surface area (Å²) in [6.45, 7) is 4.54. The van der Waals surface area contributed by atoms with Gasteiger partial charge in [0.05, 0.1) is 0 Å². The third-order valence-corrected chi connectivity index (χ3v) is 4.03. The van der Waals surface area contributed by atoms with Crippen molar-refractivity contribution in [2.24, 2.45) is 5.73 Å². The predicted molar refractivity (Wildman–Crippen MR) is 61.5 cm³/mol. The van der Waals surface area contributed by atoms with Gasteiger partial charge in [0.1, 0.15) is 0 Å². The molecule has 0 unspecified atom stereocenters. The molecule has 1 fully saturated rings. The minimum absolute atomic E-state index is 0.381. The third kappa shape index (κ3) is 2.16. The summed E-state index contributed by atoms with van der Waals surface area (Å²) >= 11 is 1.84. The van der Waals surface area contributed by atoms with E-state index in [9.17, 15) is 0 Å². The van der Waals surface area contributed by atoms with Crippen LogP contribution < -0.4 is 5.73 Å². The molecule has 3 heteroatoms. The van der Waals surface area contributed by atoms with E-state index in [2.05, 4.69) is 29.3 Å². The summed E-state index contributed by atoms with van der Waals surface area (Å²) < 4.78 is 0. The van der Waals surface area contributed by atoms with Crippen molar-refractivity contribution in [2.75, 3.05) is 13.1 Å². The number of piperidine rings is 1. The molecular formula is C11H18N2S. The van der Waals surface area contributed by atoms with Gasteiger partial charge in [-0.3, -0.25) is 4.90 Å². The van der Waals surface area contributed by atoms with Gasteiger partial charge in [0.15, 0.2) is 0 Å². The van der Waals surface area contributed by atoms with E-state index in [0.717, 1.165) is 6.54 Å². The van der Waals surface area contributed by atoms with Gasteiger partial charge in [0.25, 0.3) is 0 Å². The molecule has 2 heterocycles. The van der Waals surface area contributed by atoms with Crippen LogP contribution in [0.25, 0.3) is 0 Å². The molecule has 0 saturated carbocycles. The summed E-state index contributed by atoms with van der Waals surface area (Å²) in [7, 11) is 0. The average molecular weight is 210 g/mol. The molecule has 1 aliphatic rings. The molecule has 1 saturated heterocycles. The van der Waals surface area contributed by atoms with Gasteiger partial charge in [0, 0.05) is 23.5 Å². The lowest BCUT2D eigenvalue weighted by Gasteiger charge is -2.34. The van der Waals surface area contributed by atoms with Crippen LogP contribution in [0.5, 0.6) is 0 Å². The van der Waals surface area contributed by atoms with E-state index in [1.807, 2.05) is 11.3 Å². The third-order valence-electron chi connectivity index (χ3n) is 2.99. The monoisotopic (exact) mass is 210 g/mol. The van der Waals surface area contributed by atoms with Crippen LogP contribution in [-0.2, 0) is 0 Å². The lowest BCUT2D eigenvalue weighted by Crippen LogP contribution is -2.43. The van der Waals surface area contributed by atoms with Crippen molar-refractivity contribution in [1.29, 1.82) is 0 Å². The summed E-state index contributed by atoms with van der Waals surface area (Å²) in [4.78, 5) is 3.96. The Labute approximate surface area is 89.7 Å². The molecule has 2 N–H and O–H groups in total. The molecule has 1 aliphatic heterocycles. The van der Waals surface area contributed by atoms with E-state index in [1.165, 1.54) is 24.3 Å². The van der Waals surface area contributed by atoms with Gasteiger partial charge in [-0.05, 0) is 37.8 Å². The minimum Gasteiger partial charge on any atom is -0.327 e. The second-order valence-corrected chi connectivity index (χ2v) is 5.07. The van der Waals surface area contributed by atoms with Crippen LogP contribution in [0.15, 0.2) is 17.5 Å². The molecule has 0 spiro atoms. The highest BCUT2D eigenvalue weighted by atomic mass is 32.1. The number of thiophene rings is 1. The first-order chi connectivity index (χ1) is 6.77. The molecule has 2 atom stereocenters. The van der Waals surface area contributed by atoms with Crippen LogP contribution in [0.1, 0.15) is 30.7 Å². The summed E-state index contributed by atoms with van der Waals surface area (Å²) in [5, 5.41) is 2.15. The van der Waals surface area contributed by atoms with Crippen molar-refractivity contribution in [3.63, 3.8) is 0 Å². The molecule has 78 valence electrons. The van der Waals surface area contributed by atoms with E-state index in [4.69, 9.17) is 5.73 Å². The van der Waals surface area contributed by atoms with Crippen molar-refractivity contribution in [2.45, 2.75) is 31.8 Å². The highest BCUT2D eigenvalue weighted by Crippen LogP contribution is 2.26. The zero-order valence-electron chi connectivity index (χ0n) is 8.65. The lowest BCUT2D eigenvalue weighted by atomic mass is 10.0. The Balaban J connectivity index is 2.00. The van der Waals surface area contributed by atoms with Crippen molar-refractivity contribution in [1.82, 2.24) is 4.90 Å². The maximum atomic E-state index is 5.98. The van der Waals surface area contributed by atoms with Gasteiger partial charge in [-0.15, -0.1) is 11.3 Å². The fourth-order valence-electron chi connectivity index (χ4n) is 2.10. The van der Waals surface area contributed by atoms with E-state index in [0.29, 0.717) is 12.1 Å². The minimum atomic E-state index is 0.381. The van der Waals surface area contributed by atoms with Gasteiger partial charge in [-0.25, -0.2) is 0 Å². The van der Waals surface area contributed by atoms with Crippen molar-refractivity contribution in [3.05, 3.63) is 22.4 Å². The normalized spacial score (nSPS) is 26.3. The number of hydrogen-bond acceptors (Lipinski definition) is 3. The molecule has 2 nitrogen and oxygen atoms in total. The zero-order chi connectivity index (χ0) is 9.97. The quantitative estimate of drug-likeness (QED) is 0.811. The van der Waals surface area contributed by atoms with Crippen LogP contribution in [0, 0.1) is 0 Å². The van der Waals surface area contributed by atoms with Gasteiger partial charge < -0.3 is 5.73 Å². The maximum Gasteiger partial charge on any atom is 0.0413 e. The molecular weight excluding hydrogens is 192 g/mol. The topological polar surface area (TPSA) is 29.3 Å². The highest BCUT2D eigenvalue weighted by molar-refractivity contribution is 7.10. The smallest absolute Gasteiger partial charge is 0.0413 e. The summed E-state index contributed by atoms with van der Waals surface area (Å²) in [5.41, 5.74) is 5.98. The van der Waals surface area contributed by atoms with Gasteiger partial charge in [-0.2, -0.15) is 0 Å². The molecule has 14 heavy (non-hydrogen) atoms. The highest BCUT2D eigenvalue weighted by Gasteiger charge is 2.22. The van der Waals surface area contributed by atoms with Crippen LogP contribution in [0.3, 0.4) is 0 Å². The van der Waals surface area contributed by atoms with Gasteiger partial charge in [-0.1, -0.05) is 6.07 Å². The lowest BCUT2D eigenvalue weighted by molar-refractivity contribution is 0.161. The Bertz CT molecular complexity index is 271. The largest absolute Gasteiger partial charge is 0.327 e. The molecule has 0 aliphatic carbocycles. The standard InChI is InChI=1S/C11H18N2S/c1-9(11-5-3-7-14-11)13-6-2-4-10(12)8-13/h3,5,7,9-10H,2,4,6,8,12H2,1H3/t9-,10-/m0/s1. The molecule has 1 aromatic rings. The molecule has 0 aromatic carbocycles. The first-order valence-electron chi connectivity index (χ1n) is 5.30. The first-order valence-corrected chi connectivity index (χ1v) is 6.18. The number of likely N-dealkylation sites (tertiary alicyclic amines) is 1. The van der Waals surface area contributed by atoms with E-state index in [1.54, 1.807) is 0 Å².